The van der Waals surface area contributed by atoms with Gasteiger partial charge in [0.05, 0.1) is 0 Å². The Morgan fingerprint density at radius 1 is 1.12 bits per heavy atom. The molecule has 2 aliphatic rings. The first-order valence-corrected chi connectivity index (χ1v) is 7.17. The number of nitrogens with one attached hydrogen (secondary N) is 1. The van der Waals surface area contributed by atoms with Crippen LogP contribution in [0.4, 0.5) is 0 Å². The maximum Gasteiger partial charge on any atom is 0.0465 e. The van der Waals surface area contributed by atoms with Gasteiger partial charge in [-0.1, -0.05) is 29.3 Å². The molecule has 2 fully saturated rings. The third kappa shape index (κ3) is 2.96. The lowest BCUT2D eigenvalue weighted by atomic mass is 10.1. The highest BCUT2D eigenvalue weighted by Gasteiger charge is 2.40. The first-order chi connectivity index (χ1) is 8.24. The lowest BCUT2D eigenvalue weighted by Gasteiger charge is -2.18. The molecule has 17 heavy (non-hydrogen) atoms. The zero-order valence-electron chi connectivity index (χ0n) is 9.76. The van der Waals surface area contributed by atoms with E-state index in [0.717, 1.165) is 35.0 Å². The Morgan fingerprint density at radius 2 is 1.76 bits per heavy atom. The normalized spacial score (nSPS) is 19.9. The summed E-state index contributed by atoms with van der Waals surface area (Å²) in [6.07, 6.45) is 5.62. The smallest absolute Gasteiger partial charge is 0.0465 e. The molecule has 0 amide bonds. The van der Waals surface area contributed by atoms with Gasteiger partial charge < -0.3 is 5.32 Å². The van der Waals surface area contributed by atoms with E-state index in [1.807, 2.05) is 18.2 Å². The molecular weight excluding hydrogens is 253 g/mol. The molecule has 2 aliphatic carbocycles. The molecule has 2 saturated carbocycles. The molecule has 1 nitrogen and oxygen atoms in total. The maximum atomic E-state index is 6.18. The van der Waals surface area contributed by atoms with Crippen molar-refractivity contribution in [2.45, 2.75) is 38.3 Å². The van der Waals surface area contributed by atoms with Gasteiger partial charge in [0.25, 0.3) is 0 Å². The second kappa shape index (κ2) is 4.79. The summed E-state index contributed by atoms with van der Waals surface area (Å²) in [5.41, 5.74) is 1.15. The van der Waals surface area contributed by atoms with Crippen LogP contribution in [0.1, 0.15) is 31.2 Å². The van der Waals surface area contributed by atoms with Crippen LogP contribution in [0.2, 0.25) is 10.0 Å². The topological polar surface area (TPSA) is 12.0 Å². The molecule has 0 bridgehead atoms. The van der Waals surface area contributed by atoms with Crippen LogP contribution in [0.15, 0.2) is 18.2 Å². The molecule has 3 heteroatoms. The zero-order chi connectivity index (χ0) is 11.8. The molecular formula is C14H17Cl2N. The molecule has 0 atom stereocenters. The summed E-state index contributed by atoms with van der Waals surface area (Å²) in [5.74, 6) is 1.85. The van der Waals surface area contributed by atoms with Gasteiger partial charge >= 0.3 is 0 Å². The lowest BCUT2D eigenvalue weighted by Crippen LogP contribution is -2.32. The van der Waals surface area contributed by atoms with Crippen LogP contribution in [-0.2, 0) is 6.54 Å². The number of hydrogen-bond donors (Lipinski definition) is 1. The first kappa shape index (κ1) is 11.8. The predicted molar refractivity (Wildman–Crippen MR) is 72.5 cm³/mol. The van der Waals surface area contributed by atoms with Gasteiger partial charge in [0.15, 0.2) is 0 Å². The predicted octanol–water partition coefficient (Wildman–Crippen LogP) is 4.27. The van der Waals surface area contributed by atoms with Crippen molar-refractivity contribution in [3.63, 3.8) is 0 Å². The molecule has 0 aromatic heterocycles. The van der Waals surface area contributed by atoms with Crippen LogP contribution in [0.3, 0.4) is 0 Å². The minimum absolute atomic E-state index is 0.708. The molecule has 0 aliphatic heterocycles. The van der Waals surface area contributed by atoms with Crippen molar-refractivity contribution in [3.05, 3.63) is 33.8 Å². The molecule has 0 saturated heterocycles. The summed E-state index contributed by atoms with van der Waals surface area (Å²) in [5, 5.41) is 5.17. The van der Waals surface area contributed by atoms with Crippen LogP contribution in [-0.4, -0.2) is 6.04 Å². The van der Waals surface area contributed by atoms with Crippen LogP contribution < -0.4 is 5.32 Å². The van der Waals surface area contributed by atoms with E-state index < -0.39 is 0 Å². The van der Waals surface area contributed by atoms with Crippen molar-refractivity contribution in [3.8, 4) is 0 Å². The number of halogens is 2. The average Bonchev–Trinajstić information content (AvgIpc) is 3.15. The fourth-order valence-corrected chi connectivity index (χ4v) is 3.00. The van der Waals surface area contributed by atoms with Crippen molar-refractivity contribution < 1.29 is 0 Å². The Hall–Kier alpha value is -0.240. The minimum Gasteiger partial charge on any atom is -0.309 e. The van der Waals surface area contributed by atoms with E-state index in [1.54, 1.807) is 0 Å². The highest BCUT2D eigenvalue weighted by Crippen LogP contribution is 2.44. The van der Waals surface area contributed by atoms with E-state index in [-0.39, 0.29) is 0 Å². The molecule has 0 unspecified atom stereocenters. The minimum atomic E-state index is 0.708. The standard InChI is InChI=1S/C14H17Cl2N/c15-12-6-5-11(13(16)7-12)8-17-14(9-1-2-9)10-3-4-10/h5-7,9-10,14,17H,1-4,8H2. The van der Waals surface area contributed by atoms with Crippen molar-refractivity contribution >= 4 is 23.2 Å². The monoisotopic (exact) mass is 269 g/mol. The number of benzene rings is 1. The van der Waals surface area contributed by atoms with Crippen LogP contribution >= 0.6 is 23.2 Å². The second-order valence-electron chi connectivity index (χ2n) is 5.32. The van der Waals surface area contributed by atoms with Gasteiger partial charge in [-0.3, -0.25) is 0 Å². The lowest BCUT2D eigenvalue weighted by molar-refractivity contribution is 0.416. The van der Waals surface area contributed by atoms with Gasteiger partial charge in [-0.25, -0.2) is 0 Å². The highest BCUT2D eigenvalue weighted by molar-refractivity contribution is 6.35. The van der Waals surface area contributed by atoms with E-state index in [0.29, 0.717) is 5.02 Å². The summed E-state index contributed by atoms with van der Waals surface area (Å²) >= 11 is 12.1. The molecule has 1 aromatic rings. The van der Waals surface area contributed by atoms with E-state index in [9.17, 15) is 0 Å². The summed E-state index contributed by atoms with van der Waals surface area (Å²) in [6.45, 7) is 0.869. The zero-order valence-corrected chi connectivity index (χ0v) is 11.3. The van der Waals surface area contributed by atoms with Crippen molar-refractivity contribution in [1.29, 1.82) is 0 Å². The van der Waals surface area contributed by atoms with E-state index in [2.05, 4.69) is 5.32 Å². The third-order valence-electron chi connectivity index (χ3n) is 3.80. The summed E-state index contributed by atoms with van der Waals surface area (Å²) in [7, 11) is 0. The molecule has 1 aromatic carbocycles. The molecule has 1 N–H and O–H groups in total. The van der Waals surface area contributed by atoms with Crippen LogP contribution in [0.5, 0.6) is 0 Å². The maximum absolute atomic E-state index is 6.18. The largest absolute Gasteiger partial charge is 0.309 e. The second-order valence-corrected chi connectivity index (χ2v) is 6.16. The fraction of sp³-hybridized carbons (Fsp3) is 0.571. The SMILES string of the molecule is Clc1ccc(CNC(C2CC2)C2CC2)c(Cl)c1. The molecule has 0 heterocycles. The Bertz CT molecular complexity index is 399. The summed E-state index contributed by atoms with van der Waals surface area (Å²) in [4.78, 5) is 0. The average molecular weight is 270 g/mol. The van der Waals surface area contributed by atoms with Gasteiger partial charge in [0.2, 0.25) is 0 Å². The van der Waals surface area contributed by atoms with Gasteiger partial charge in [-0.05, 0) is 55.2 Å². The Morgan fingerprint density at radius 3 is 2.29 bits per heavy atom. The Balaban J connectivity index is 1.62. The van der Waals surface area contributed by atoms with Crippen LogP contribution in [0.25, 0.3) is 0 Å². The van der Waals surface area contributed by atoms with E-state index >= 15 is 0 Å². The van der Waals surface area contributed by atoms with E-state index in [4.69, 9.17) is 23.2 Å². The number of hydrogen-bond acceptors (Lipinski definition) is 1. The third-order valence-corrected chi connectivity index (χ3v) is 4.39. The summed E-state index contributed by atoms with van der Waals surface area (Å²) in [6, 6.07) is 6.48. The molecule has 92 valence electrons. The fourth-order valence-electron chi connectivity index (χ4n) is 2.52. The summed E-state index contributed by atoms with van der Waals surface area (Å²) < 4.78 is 0. The first-order valence-electron chi connectivity index (χ1n) is 6.41. The quantitative estimate of drug-likeness (QED) is 0.842. The van der Waals surface area contributed by atoms with Crippen molar-refractivity contribution in [1.82, 2.24) is 5.32 Å². The number of rotatable bonds is 5. The Labute approximate surface area is 112 Å². The van der Waals surface area contributed by atoms with Crippen molar-refractivity contribution in [2.75, 3.05) is 0 Å². The highest BCUT2D eigenvalue weighted by atomic mass is 35.5. The van der Waals surface area contributed by atoms with E-state index in [1.165, 1.54) is 25.7 Å². The van der Waals surface area contributed by atoms with Gasteiger partial charge in [-0.2, -0.15) is 0 Å². The van der Waals surface area contributed by atoms with Crippen LogP contribution in [0, 0.1) is 11.8 Å². The van der Waals surface area contributed by atoms with Crippen molar-refractivity contribution in [2.24, 2.45) is 11.8 Å². The van der Waals surface area contributed by atoms with Gasteiger partial charge in [0, 0.05) is 22.6 Å². The molecule has 0 spiro atoms. The van der Waals surface area contributed by atoms with Gasteiger partial charge in [-0.15, -0.1) is 0 Å². The Kier molecular flexibility index (Phi) is 3.34. The molecule has 3 rings (SSSR count). The van der Waals surface area contributed by atoms with Gasteiger partial charge in [0.1, 0.15) is 0 Å². The molecule has 0 radical (unpaired) electrons.